The Morgan fingerprint density at radius 2 is 1.38 bits per heavy atom. The fraction of sp³-hybridized carbons (Fsp3) is 0.857. The van der Waals surface area contributed by atoms with E-state index in [0.29, 0.717) is 6.42 Å². The first-order chi connectivity index (χ1) is 9.77. The van der Waals surface area contributed by atoms with Crippen LogP contribution in [0.25, 0.3) is 0 Å². The molecule has 0 fully saturated rings. The van der Waals surface area contributed by atoms with Crippen molar-refractivity contribution in [3.8, 4) is 0 Å². The van der Waals surface area contributed by atoms with Gasteiger partial charge in [0.15, 0.2) is 4.32 Å². The molecular weight excluding hydrogens is 310 g/mol. The van der Waals surface area contributed by atoms with Crippen molar-refractivity contribution in [2.75, 3.05) is 19.8 Å². The zero-order valence-corrected chi connectivity index (χ0v) is 14.6. The predicted octanol–water partition coefficient (Wildman–Crippen LogP) is 2.84. The third-order valence-electron chi connectivity index (χ3n) is 3.18. The Kier molecular flexibility index (Phi) is 10.6. The molecule has 0 heterocycles. The summed E-state index contributed by atoms with van der Waals surface area (Å²) in [5.74, 6) is -0.602. The van der Waals surface area contributed by atoms with Gasteiger partial charge in [-0.1, -0.05) is 38.5 Å². The summed E-state index contributed by atoms with van der Waals surface area (Å²) in [6.45, 7) is 0. The molecule has 0 radical (unpaired) electrons. The van der Waals surface area contributed by atoms with Crippen LogP contribution in [0.2, 0.25) is 0 Å². The topological polar surface area (TPSA) is 74.7 Å². The fourth-order valence-corrected chi connectivity index (χ4v) is 3.56. The van der Waals surface area contributed by atoms with Gasteiger partial charge in [0.1, 0.15) is 0 Å². The number of hydrogen-bond donors (Lipinski definition) is 1. The standard InChI is InChI=1S/C14H27NO4S2/c1-15(2)14(20)21(18,19)12-10-8-6-4-3-5-7-9-11-13(16)17/h3-12H2,1-2H3,(H,16,17). The second-order valence-corrected chi connectivity index (χ2v) is 8.12. The Morgan fingerprint density at radius 3 is 1.81 bits per heavy atom. The minimum Gasteiger partial charge on any atom is -0.481 e. The maximum atomic E-state index is 11.8. The SMILES string of the molecule is CN(C)C(=S)S(=O)(=O)CCCCCCCCCCC(=O)O. The van der Waals surface area contributed by atoms with Crippen LogP contribution in [0.1, 0.15) is 57.8 Å². The quantitative estimate of drug-likeness (QED) is 0.461. The van der Waals surface area contributed by atoms with Gasteiger partial charge in [-0.2, -0.15) is 0 Å². The molecule has 0 aliphatic rings. The molecule has 0 saturated heterocycles. The van der Waals surface area contributed by atoms with Gasteiger partial charge in [0.25, 0.3) is 0 Å². The highest BCUT2D eigenvalue weighted by atomic mass is 32.2. The molecule has 0 aromatic rings. The molecule has 1 N–H and O–H groups in total. The first kappa shape index (κ1) is 20.3. The van der Waals surface area contributed by atoms with Crippen molar-refractivity contribution < 1.29 is 18.3 Å². The molecule has 5 nitrogen and oxygen atoms in total. The number of sulfone groups is 1. The van der Waals surface area contributed by atoms with Crippen LogP contribution in [0.4, 0.5) is 0 Å². The summed E-state index contributed by atoms with van der Waals surface area (Å²) in [5, 5.41) is 8.49. The van der Waals surface area contributed by atoms with Crippen LogP contribution in [0, 0.1) is 0 Å². The van der Waals surface area contributed by atoms with Crippen molar-refractivity contribution >= 4 is 32.3 Å². The van der Waals surface area contributed by atoms with E-state index in [9.17, 15) is 13.2 Å². The molecule has 0 bridgehead atoms. The minimum atomic E-state index is -3.27. The molecule has 0 unspecified atom stereocenters. The zero-order chi connectivity index (χ0) is 16.3. The number of rotatable bonds is 11. The van der Waals surface area contributed by atoms with E-state index in [1.54, 1.807) is 14.1 Å². The normalized spacial score (nSPS) is 11.3. The average Bonchev–Trinajstić information content (AvgIpc) is 2.39. The lowest BCUT2D eigenvalue weighted by atomic mass is 10.1. The Bertz CT molecular complexity index is 419. The van der Waals surface area contributed by atoms with Gasteiger partial charge >= 0.3 is 5.97 Å². The van der Waals surface area contributed by atoms with E-state index in [4.69, 9.17) is 17.3 Å². The molecule has 0 rings (SSSR count). The minimum absolute atomic E-state index is 0.0148. The van der Waals surface area contributed by atoms with Gasteiger partial charge in [-0.15, -0.1) is 0 Å². The Balaban J connectivity index is 3.52. The fourth-order valence-electron chi connectivity index (χ4n) is 1.99. The Morgan fingerprint density at radius 1 is 0.952 bits per heavy atom. The summed E-state index contributed by atoms with van der Waals surface area (Å²) in [4.78, 5) is 11.8. The number of carboxylic acids is 1. The van der Waals surface area contributed by atoms with Gasteiger partial charge < -0.3 is 10.0 Å². The van der Waals surface area contributed by atoms with Gasteiger partial charge in [-0.25, -0.2) is 8.42 Å². The first-order valence-corrected chi connectivity index (χ1v) is 9.49. The maximum absolute atomic E-state index is 11.8. The van der Waals surface area contributed by atoms with E-state index in [-0.39, 0.29) is 16.5 Å². The third kappa shape index (κ3) is 10.6. The molecule has 0 aliphatic carbocycles. The van der Waals surface area contributed by atoms with E-state index in [1.807, 2.05) is 0 Å². The number of aliphatic carboxylic acids is 1. The predicted molar refractivity (Wildman–Crippen MR) is 89.3 cm³/mol. The van der Waals surface area contributed by atoms with Crippen LogP contribution in [-0.4, -0.2) is 48.6 Å². The number of carbonyl (C=O) groups is 1. The van der Waals surface area contributed by atoms with Crippen molar-refractivity contribution in [2.24, 2.45) is 0 Å². The second-order valence-electron chi connectivity index (χ2n) is 5.45. The highest BCUT2D eigenvalue weighted by Gasteiger charge is 2.18. The molecule has 0 aromatic carbocycles. The number of thiocarbonyl (C=S) groups is 1. The van der Waals surface area contributed by atoms with Crippen molar-refractivity contribution in [3.63, 3.8) is 0 Å². The van der Waals surface area contributed by atoms with Crippen molar-refractivity contribution in [3.05, 3.63) is 0 Å². The molecule has 0 aliphatic heterocycles. The molecule has 0 atom stereocenters. The van der Waals surface area contributed by atoms with Crippen LogP contribution < -0.4 is 0 Å². The van der Waals surface area contributed by atoms with Crippen LogP contribution in [0.15, 0.2) is 0 Å². The van der Waals surface area contributed by atoms with E-state index in [0.717, 1.165) is 44.9 Å². The van der Waals surface area contributed by atoms with E-state index in [2.05, 4.69) is 0 Å². The molecule has 0 aromatic heterocycles. The molecule has 21 heavy (non-hydrogen) atoms. The summed E-state index contributed by atoms with van der Waals surface area (Å²) in [7, 11) is 0.0155. The monoisotopic (exact) mass is 337 g/mol. The Labute approximate surface area is 133 Å². The van der Waals surface area contributed by atoms with Crippen LogP contribution in [-0.2, 0) is 14.6 Å². The van der Waals surface area contributed by atoms with Crippen LogP contribution in [0.3, 0.4) is 0 Å². The number of carboxylic acid groups (broad SMARTS) is 1. The zero-order valence-electron chi connectivity index (χ0n) is 13.0. The summed E-state index contributed by atoms with van der Waals surface area (Å²) in [5.41, 5.74) is 0. The summed E-state index contributed by atoms with van der Waals surface area (Å²) >= 11 is 4.89. The lowest BCUT2D eigenvalue weighted by Crippen LogP contribution is -2.30. The highest BCUT2D eigenvalue weighted by Crippen LogP contribution is 2.11. The molecule has 7 heteroatoms. The molecule has 124 valence electrons. The van der Waals surface area contributed by atoms with Gasteiger partial charge in [0, 0.05) is 20.5 Å². The molecule has 0 amide bonds. The van der Waals surface area contributed by atoms with Crippen LogP contribution in [0.5, 0.6) is 0 Å². The molecular formula is C14H27NO4S2. The van der Waals surface area contributed by atoms with Crippen LogP contribution >= 0.6 is 12.2 Å². The Hall–Kier alpha value is -0.690. The molecule has 0 saturated carbocycles. The maximum Gasteiger partial charge on any atom is 0.303 e. The van der Waals surface area contributed by atoms with E-state index in [1.165, 1.54) is 4.90 Å². The van der Waals surface area contributed by atoms with Gasteiger partial charge in [0.05, 0.1) is 5.75 Å². The summed E-state index contributed by atoms with van der Waals surface area (Å²) < 4.78 is 23.6. The lowest BCUT2D eigenvalue weighted by Gasteiger charge is -2.13. The van der Waals surface area contributed by atoms with E-state index < -0.39 is 15.8 Å². The first-order valence-electron chi connectivity index (χ1n) is 7.43. The third-order valence-corrected chi connectivity index (χ3v) is 6.04. The average molecular weight is 338 g/mol. The van der Waals surface area contributed by atoms with Gasteiger partial charge in [-0.05, 0) is 25.1 Å². The second kappa shape index (κ2) is 11.0. The van der Waals surface area contributed by atoms with E-state index >= 15 is 0 Å². The van der Waals surface area contributed by atoms with Crippen molar-refractivity contribution in [1.82, 2.24) is 4.90 Å². The van der Waals surface area contributed by atoms with Gasteiger partial charge in [0.2, 0.25) is 9.84 Å². The smallest absolute Gasteiger partial charge is 0.303 e. The van der Waals surface area contributed by atoms with Crippen molar-refractivity contribution in [1.29, 1.82) is 0 Å². The highest BCUT2D eigenvalue weighted by molar-refractivity contribution is 8.17. The summed E-state index contributed by atoms with van der Waals surface area (Å²) in [6.07, 6.45) is 7.73. The summed E-state index contributed by atoms with van der Waals surface area (Å²) in [6, 6.07) is 0. The van der Waals surface area contributed by atoms with Crippen molar-refractivity contribution in [2.45, 2.75) is 57.8 Å². The molecule has 0 spiro atoms. The van der Waals surface area contributed by atoms with Gasteiger partial charge in [-0.3, -0.25) is 4.79 Å². The number of unbranched alkanes of at least 4 members (excludes halogenated alkanes) is 7. The number of nitrogens with zero attached hydrogens (tertiary/aromatic N) is 1. The number of hydrogen-bond acceptors (Lipinski definition) is 4. The lowest BCUT2D eigenvalue weighted by molar-refractivity contribution is -0.137. The largest absolute Gasteiger partial charge is 0.481 e.